The SMILES string of the molecule is CC1CC1.COCCOC(c1cc(COc2cccc(CCC(=O)O)c2)ccc1-c1cc(OC)ccc1F)C(C)(C)C. The Morgan fingerprint density at radius 2 is 1.69 bits per heavy atom. The van der Waals surface area contributed by atoms with Crippen molar-refractivity contribution in [3.05, 3.63) is 83.2 Å². The molecule has 0 heterocycles. The van der Waals surface area contributed by atoms with Crippen LogP contribution in [0.1, 0.15) is 69.8 Å². The van der Waals surface area contributed by atoms with Crippen LogP contribution in [0.4, 0.5) is 4.39 Å². The highest BCUT2D eigenvalue weighted by Crippen LogP contribution is 2.42. The highest BCUT2D eigenvalue weighted by atomic mass is 19.1. The predicted octanol–water partition coefficient (Wildman–Crippen LogP) is 8.26. The van der Waals surface area contributed by atoms with Crippen LogP contribution in [0.2, 0.25) is 0 Å². The van der Waals surface area contributed by atoms with Crippen LogP contribution in [-0.4, -0.2) is 38.5 Å². The zero-order valence-electron chi connectivity index (χ0n) is 25.7. The number of hydrogen-bond donors (Lipinski definition) is 1. The van der Waals surface area contributed by atoms with Gasteiger partial charge in [-0.1, -0.05) is 64.8 Å². The number of aryl methyl sites for hydroxylation is 1. The van der Waals surface area contributed by atoms with Crippen molar-refractivity contribution in [1.29, 1.82) is 0 Å². The van der Waals surface area contributed by atoms with Crippen LogP contribution < -0.4 is 9.47 Å². The number of methoxy groups -OCH3 is 2. The molecule has 228 valence electrons. The van der Waals surface area contributed by atoms with Gasteiger partial charge in [-0.3, -0.25) is 4.79 Å². The fraction of sp³-hybridized carbons (Fsp3) is 0.457. The van der Waals surface area contributed by atoms with Crippen molar-refractivity contribution in [2.45, 2.75) is 66.1 Å². The molecule has 0 saturated heterocycles. The molecule has 0 bridgehead atoms. The van der Waals surface area contributed by atoms with Crippen molar-refractivity contribution in [1.82, 2.24) is 0 Å². The molecule has 0 amide bonds. The molecule has 1 saturated carbocycles. The number of halogens is 1. The maximum Gasteiger partial charge on any atom is 0.303 e. The molecule has 4 rings (SSSR count). The minimum Gasteiger partial charge on any atom is -0.497 e. The summed E-state index contributed by atoms with van der Waals surface area (Å²) in [6.07, 6.45) is 3.12. The molecule has 0 radical (unpaired) electrons. The van der Waals surface area contributed by atoms with Crippen molar-refractivity contribution < 1.29 is 33.2 Å². The van der Waals surface area contributed by atoms with Gasteiger partial charge in [-0.05, 0) is 76.4 Å². The summed E-state index contributed by atoms with van der Waals surface area (Å²) in [7, 11) is 3.18. The molecule has 3 aromatic rings. The Balaban J connectivity index is 0.00000111. The van der Waals surface area contributed by atoms with E-state index in [0.29, 0.717) is 36.7 Å². The third-order valence-corrected chi connectivity index (χ3v) is 7.02. The highest BCUT2D eigenvalue weighted by molar-refractivity contribution is 5.70. The van der Waals surface area contributed by atoms with Gasteiger partial charge in [0, 0.05) is 19.1 Å². The van der Waals surface area contributed by atoms with Gasteiger partial charge in [0.2, 0.25) is 0 Å². The lowest BCUT2D eigenvalue weighted by Gasteiger charge is -2.33. The Labute approximate surface area is 249 Å². The highest BCUT2D eigenvalue weighted by Gasteiger charge is 2.30. The van der Waals surface area contributed by atoms with Crippen molar-refractivity contribution in [2.75, 3.05) is 27.4 Å². The number of benzene rings is 3. The number of ether oxygens (including phenoxy) is 4. The summed E-state index contributed by atoms with van der Waals surface area (Å²) < 4.78 is 38.0. The van der Waals surface area contributed by atoms with Crippen LogP contribution in [0.15, 0.2) is 60.7 Å². The van der Waals surface area contributed by atoms with E-state index in [-0.39, 0.29) is 30.4 Å². The average Bonchev–Trinajstić information content (AvgIpc) is 3.75. The second-order valence-corrected chi connectivity index (χ2v) is 11.9. The molecule has 0 aromatic heterocycles. The summed E-state index contributed by atoms with van der Waals surface area (Å²) in [5.74, 6) is 1.12. The number of carbonyl (C=O) groups is 1. The van der Waals surface area contributed by atoms with Crippen molar-refractivity contribution in [3.8, 4) is 22.6 Å². The van der Waals surface area contributed by atoms with Gasteiger partial charge in [-0.25, -0.2) is 4.39 Å². The third kappa shape index (κ3) is 10.4. The summed E-state index contributed by atoms with van der Waals surface area (Å²) in [5, 5.41) is 8.96. The standard InChI is InChI=1S/C31H37FO6.C4H8/c1-31(2,3)30(37-16-15-35-4)27-18-22(9-12-25(27)26-19-23(36-5)11-13-28(26)32)20-38-24-8-6-7-21(17-24)10-14-29(33)34;1-4-2-3-4/h6-9,11-13,17-19,30H,10,14-16,20H2,1-5H3,(H,33,34);4H,2-3H2,1H3. The fourth-order valence-corrected chi connectivity index (χ4v) is 4.43. The van der Waals surface area contributed by atoms with E-state index in [9.17, 15) is 4.79 Å². The molecule has 6 nitrogen and oxygen atoms in total. The number of aliphatic carboxylic acids is 1. The van der Waals surface area contributed by atoms with Crippen LogP contribution in [-0.2, 0) is 27.3 Å². The normalized spacial score (nSPS) is 13.6. The Kier molecular flexibility index (Phi) is 12.4. The molecule has 1 atom stereocenters. The van der Waals surface area contributed by atoms with Crippen LogP contribution in [0.3, 0.4) is 0 Å². The molecular formula is C35H45FO6. The molecule has 1 unspecified atom stereocenters. The second-order valence-electron chi connectivity index (χ2n) is 11.9. The lowest BCUT2D eigenvalue weighted by Crippen LogP contribution is -2.24. The smallest absolute Gasteiger partial charge is 0.303 e. The Morgan fingerprint density at radius 1 is 0.952 bits per heavy atom. The van der Waals surface area contributed by atoms with E-state index in [1.807, 2.05) is 42.5 Å². The van der Waals surface area contributed by atoms with Gasteiger partial charge in [-0.2, -0.15) is 0 Å². The Bertz CT molecular complexity index is 1290. The zero-order chi connectivity index (χ0) is 30.7. The van der Waals surface area contributed by atoms with Gasteiger partial charge in [0.25, 0.3) is 0 Å². The van der Waals surface area contributed by atoms with Gasteiger partial charge in [-0.15, -0.1) is 0 Å². The molecule has 1 N–H and O–H groups in total. The quantitative estimate of drug-likeness (QED) is 0.205. The summed E-state index contributed by atoms with van der Waals surface area (Å²) in [6.45, 7) is 9.65. The van der Waals surface area contributed by atoms with E-state index in [1.165, 1.54) is 18.9 Å². The molecule has 0 spiro atoms. The van der Waals surface area contributed by atoms with Gasteiger partial charge < -0.3 is 24.1 Å². The number of rotatable bonds is 13. The molecule has 1 aliphatic rings. The van der Waals surface area contributed by atoms with Gasteiger partial charge in [0.1, 0.15) is 23.9 Å². The van der Waals surface area contributed by atoms with Crippen molar-refractivity contribution in [3.63, 3.8) is 0 Å². The molecule has 7 heteroatoms. The van der Waals surface area contributed by atoms with E-state index < -0.39 is 5.97 Å². The van der Waals surface area contributed by atoms with Crippen molar-refractivity contribution in [2.24, 2.45) is 11.3 Å². The van der Waals surface area contributed by atoms with E-state index in [0.717, 1.165) is 28.2 Å². The second kappa shape index (κ2) is 15.7. The lowest BCUT2D eigenvalue weighted by molar-refractivity contribution is -0.136. The minimum atomic E-state index is -0.836. The van der Waals surface area contributed by atoms with Gasteiger partial charge >= 0.3 is 5.97 Å². The summed E-state index contributed by atoms with van der Waals surface area (Å²) in [4.78, 5) is 10.9. The van der Waals surface area contributed by atoms with Gasteiger partial charge in [0.15, 0.2) is 0 Å². The lowest BCUT2D eigenvalue weighted by atomic mass is 9.81. The molecule has 1 fully saturated rings. The van der Waals surface area contributed by atoms with Crippen LogP contribution in [0, 0.1) is 17.2 Å². The van der Waals surface area contributed by atoms with E-state index in [2.05, 4.69) is 27.7 Å². The van der Waals surface area contributed by atoms with E-state index in [1.54, 1.807) is 26.4 Å². The first-order chi connectivity index (χ1) is 20.0. The predicted molar refractivity (Wildman–Crippen MR) is 164 cm³/mol. The molecule has 0 aliphatic heterocycles. The first-order valence-electron chi connectivity index (χ1n) is 14.5. The summed E-state index contributed by atoms with van der Waals surface area (Å²) >= 11 is 0. The fourth-order valence-electron chi connectivity index (χ4n) is 4.43. The van der Waals surface area contributed by atoms with Crippen LogP contribution >= 0.6 is 0 Å². The first kappa shape index (κ1) is 33.1. The summed E-state index contributed by atoms with van der Waals surface area (Å²) in [6, 6.07) is 18.0. The van der Waals surface area contributed by atoms with Gasteiger partial charge in [0.05, 0.1) is 26.4 Å². The third-order valence-electron chi connectivity index (χ3n) is 7.02. The zero-order valence-corrected chi connectivity index (χ0v) is 25.7. The minimum absolute atomic E-state index is 0.0619. The molecule has 1 aliphatic carbocycles. The van der Waals surface area contributed by atoms with Crippen LogP contribution in [0.25, 0.3) is 11.1 Å². The molecule has 42 heavy (non-hydrogen) atoms. The van der Waals surface area contributed by atoms with E-state index >= 15 is 4.39 Å². The number of hydrogen-bond acceptors (Lipinski definition) is 5. The van der Waals surface area contributed by atoms with E-state index in [4.69, 9.17) is 24.1 Å². The Morgan fingerprint density at radius 3 is 2.31 bits per heavy atom. The molecule has 3 aromatic carbocycles. The largest absolute Gasteiger partial charge is 0.497 e. The molecular weight excluding hydrogens is 535 g/mol. The Hall–Kier alpha value is -3.42. The number of carboxylic acids is 1. The first-order valence-corrected chi connectivity index (χ1v) is 14.5. The van der Waals surface area contributed by atoms with Crippen molar-refractivity contribution >= 4 is 5.97 Å². The summed E-state index contributed by atoms with van der Waals surface area (Å²) in [5.41, 5.74) is 3.50. The topological polar surface area (TPSA) is 74.2 Å². The monoisotopic (exact) mass is 580 g/mol. The number of carboxylic acid groups (broad SMARTS) is 1. The van der Waals surface area contributed by atoms with Crippen LogP contribution in [0.5, 0.6) is 11.5 Å². The average molecular weight is 581 g/mol. The maximum absolute atomic E-state index is 15.1. The maximum atomic E-state index is 15.1.